The first-order chi connectivity index (χ1) is 9.47. The molecule has 0 saturated heterocycles. The van der Waals surface area contributed by atoms with Crippen molar-refractivity contribution >= 4 is 5.97 Å². The summed E-state index contributed by atoms with van der Waals surface area (Å²) in [6.07, 6.45) is 2.09. The molecule has 0 aromatic rings. The van der Waals surface area contributed by atoms with Crippen molar-refractivity contribution in [2.75, 3.05) is 32.7 Å². The normalized spacial score (nSPS) is 13.8. The average molecular weight is 283 g/mol. The van der Waals surface area contributed by atoms with E-state index < -0.39 is 5.60 Å². The molecule has 116 valence electrons. The molecule has 0 aliphatic rings. The number of esters is 1. The molecule has 0 fully saturated rings. The number of nitrogens with one attached hydrogen (secondary N) is 1. The molecule has 1 unspecified atom stereocenters. The molecule has 20 heavy (non-hydrogen) atoms. The van der Waals surface area contributed by atoms with Gasteiger partial charge in [-0.2, -0.15) is 5.26 Å². The Bertz CT molecular complexity index is 311. The minimum absolute atomic E-state index is 0.232. The summed E-state index contributed by atoms with van der Waals surface area (Å²) < 4.78 is 5.51. The van der Waals surface area contributed by atoms with Gasteiger partial charge in [-0.1, -0.05) is 13.8 Å². The van der Waals surface area contributed by atoms with Gasteiger partial charge in [-0.25, -0.2) is 0 Å². The van der Waals surface area contributed by atoms with Gasteiger partial charge in [-0.05, 0) is 39.4 Å². The molecule has 5 heteroatoms. The number of carbonyl (C=O) groups is 1. The first-order valence-electron chi connectivity index (χ1n) is 7.47. The highest BCUT2D eigenvalue weighted by molar-refractivity contribution is 5.66. The van der Waals surface area contributed by atoms with Gasteiger partial charge >= 0.3 is 5.97 Å². The Labute approximate surface area is 123 Å². The largest absolute Gasteiger partial charge is 0.459 e. The highest BCUT2D eigenvalue weighted by atomic mass is 16.6. The van der Waals surface area contributed by atoms with Crippen LogP contribution in [0.25, 0.3) is 0 Å². The van der Waals surface area contributed by atoms with E-state index in [-0.39, 0.29) is 5.97 Å². The molecule has 0 amide bonds. The fourth-order valence-corrected chi connectivity index (χ4v) is 2.13. The molecular formula is C15H29N3O2. The smallest absolute Gasteiger partial charge is 0.303 e. The van der Waals surface area contributed by atoms with E-state index in [0.717, 1.165) is 39.0 Å². The van der Waals surface area contributed by atoms with E-state index in [2.05, 4.69) is 30.1 Å². The molecule has 0 aliphatic heterocycles. The molecule has 0 rings (SSSR count). The summed E-state index contributed by atoms with van der Waals surface area (Å²) in [5.41, 5.74) is -0.436. The van der Waals surface area contributed by atoms with Crippen molar-refractivity contribution in [1.82, 2.24) is 10.2 Å². The van der Waals surface area contributed by atoms with E-state index in [0.29, 0.717) is 13.0 Å². The number of nitriles is 1. The van der Waals surface area contributed by atoms with Crippen molar-refractivity contribution in [1.29, 1.82) is 5.26 Å². The maximum absolute atomic E-state index is 11.3. The number of rotatable bonds is 11. The zero-order chi connectivity index (χ0) is 15.4. The lowest BCUT2D eigenvalue weighted by molar-refractivity contribution is -0.156. The standard InChI is InChI=1S/C15H29N3O2/c1-5-18(6-2)13-9-15(4,20-14(3)19)8-12-17-11-7-10-16/h17H,5-9,11-13H2,1-4H3. The van der Waals surface area contributed by atoms with Gasteiger partial charge in [0.2, 0.25) is 0 Å². The second kappa shape index (κ2) is 10.6. The summed E-state index contributed by atoms with van der Waals surface area (Å²) in [5, 5.41) is 11.7. The predicted octanol–water partition coefficient (Wildman–Crippen LogP) is 1.93. The van der Waals surface area contributed by atoms with E-state index in [1.54, 1.807) is 0 Å². The van der Waals surface area contributed by atoms with Crippen LogP contribution in [0.15, 0.2) is 0 Å². The second-order valence-electron chi connectivity index (χ2n) is 5.23. The van der Waals surface area contributed by atoms with Crippen molar-refractivity contribution < 1.29 is 9.53 Å². The third-order valence-corrected chi connectivity index (χ3v) is 3.49. The first kappa shape index (κ1) is 18.9. The molecule has 0 spiro atoms. The van der Waals surface area contributed by atoms with Crippen LogP contribution < -0.4 is 5.32 Å². The Morgan fingerprint density at radius 1 is 1.30 bits per heavy atom. The summed E-state index contributed by atoms with van der Waals surface area (Å²) in [7, 11) is 0. The lowest BCUT2D eigenvalue weighted by Crippen LogP contribution is -2.39. The molecule has 0 aliphatic carbocycles. The maximum Gasteiger partial charge on any atom is 0.303 e. The molecular weight excluding hydrogens is 254 g/mol. The van der Waals surface area contributed by atoms with Crippen molar-refractivity contribution in [3.63, 3.8) is 0 Å². The molecule has 0 bridgehead atoms. The lowest BCUT2D eigenvalue weighted by atomic mass is 9.97. The third-order valence-electron chi connectivity index (χ3n) is 3.49. The SMILES string of the molecule is CCN(CC)CCC(C)(CCNCCC#N)OC(C)=O. The molecule has 0 aromatic heterocycles. The molecule has 1 atom stereocenters. The molecule has 0 aromatic carbocycles. The van der Waals surface area contributed by atoms with Crippen molar-refractivity contribution in [2.45, 2.75) is 52.6 Å². The summed E-state index contributed by atoms with van der Waals surface area (Å²) in [4.78, 5) is 13.6. The summed E-state index contributed by atoms with van der Waals surface area (Å²) in [6, 6.07) is 2.10. The average Bonchev–Trinajstić information content (AvgIpc) is 2.39. The van der Waals surface area contributed by atoms with E-state index >= 15 is 0 Å². The number of nitrogens with zero attached hydrogens (tertiary/aromatic N) is 2. The molecule has 0 heterocycles. The van der Waals surface area contributed by atoms with Crippen molar-refractivity contribution in [2.24, 2.45) is 0 Å². The van der Waals surface area contributed by atoms with Crippen molar-refractivity contribution in [3.8, 4) is 6.07 Å². The van der Waals surface area contributed by atoms with Crippen LogP contribution in [-0.2, 0) is 9.53 Å². The quantitative estimate of drug-likeness (QED) is 0.463. The number of hydrogen-bond acceptors (Lipinski definition) is 5. The van der Waals surface area contributed by atoms with Gasteiger partial charge in [0.1, 0.15) is 5.60 Å². The Balaban J connectivity index is 4.27. The van der Waals surface area contributed by atoms with Gasteiger partial charge in [0, 0.05) is 26.4 Å². The predicted molar refractivity (Wildman–Crippen MR) is 80.3 cm³/mol. The van der Waals surface area contributed by atoms with E-state index in [1.807, 2.05) is 6.92 Å². The molecule has 0 radical (unpaired) electrons. The highest BCUT2D eigenvalue weighted by Crippen LogP contribution is 2.20. The Hall–Kier alpha value is -1.12. The molecule has 0 saturated carbocycles. The van der Waals surface area contributed by atoms with Gasteiger partial charge in [0.25, 0.3) is 0 Å². The Morgan fingerprint density at radius 2 is 1.95 bits per heavy atom. The van der Waals surface area contributed by atoms with Crippen LogP contribution in [-0.4, -0.2) is 49.2 Å². The van der Waals surface area contributed by atoms with Crippen LogP contribution in [0.1, 0.15) is 47.0 Å². The fraction of sp³-hybridized carbons (Fsp3) is 0.867. The van der Waals surface area contributed by atoms with E-state index in [1.165, 1.54) is 6.92 Å². The van der Waals surface area contributed by atoms with Gasteiger partial charge < -0.3 is 15.0 Å². The van der Waals surface area contributed by atoms with Crippen LogP contribution in [0, 0.1) is 11.3 Å². The van der Waals surface area contributed by atoms with E-state index in [9.17, 15) is 4.79 Å². The van der Waals surface area contributed by atoms with Crippen LogP contribution in [0.5, 0.6) is 0 Å². The molecule has 5 nitrogen and oxygen atoms in total. The minimum Gasteiger partial charge on any atom is -0.459 e. The zero-order valence-corrected chi connectivity index (χ0v) is 13.4. The molecule has 1 N–H and O–H groups in total. The maximum atomic E-state index is 11.3. The monoisotopic (exact) mass is 283 g/mol. The summed E-state index contributed by atoms with van der Waals surface area (Å²) >= 11 is 0. The van der Waals surface area contributed by atoms with Crippen molar-refractivity contribution in [3.05, 3.63) is 0 Å². The van der Waals surface area contributed by atoms with Gasteiger partial charge in [0.05, 0.1) is 6.07 Å². The number of hydrogen-bond donors (Lipinski definition) is 1. The first-order valence-corrected chi connectivity index (χ1v) is 7.47. The zero-order valence-electron chi connectivity index (χ0n) is 13.4. The topological polar surface area (TPSA) is 65.4 Å². The Kier molecular flexibility index (Phi) is 10.0. The minimum atomic E-state index is -0.436. The summed E-state index contributed by atoms with van der Waals surface area (Å²) in [5.74, 6) is -0.232. The fourth-order valence-electron chi connectivity index (χ4n) is 2.13. The highest BCUT2D eigenvalue weighted by Gasteiger charge is 2.27. The van der Waals surface area contributed by atoms with Gasteiger partial charge in [0.15, 0.2) is 0 Å². The summed E-state index contributed by atoms with van der Waals surface area (Å²) in [6.45, 7) is 12.1. The van der Waals surface area contributed by atoms with E-state index in [4.69, 9.17) is 10.00 Å². The Morgan fingerprint density at radius 3 is 2.45 bits per heavy atom. The van der Waals surface area contributed by atoms with Crippen LogP contribution in [0.2, 0.25) is 0 Å². The lowest BCUT2D eigenvalue weighted by Gasteiger charge is -2.31. The number of ether oxygens (including phenoxy) is 1. The van der Waals surface area contributed by atoms with Gasteiger partial charge in [-0.3, -0.25) is 4.79 Å². The number of carbonyl (C=O) groups excluding carboxylic acids is 1. The van der Waals surface area contributed by atoms with Crippen LogP contribution >= 0.6 is 0 Å². The van der Waals surface area contributed by atoms with Crippen LogP contribution in [0.3, 0.4) is 0 Å². The third kappa shape index (κ3) is 8.89. The second-order valence-corrected chi connectivity index (χ2v) is 5.23. The van der Waals surface area contributed by atoms with Gasteiger partial charge in [-0.15, -0.1) is 0 Å². The van der Waals surface area contributed by atoms with Crippen LogP contribution in [0.4, 0.5) is 0 Å².